The first-order valence-corrected chi connectivity index (χ1v) is 10.3. The predicted octanol–water partition coefficient (Wildman–Crippen LogP) is 1.83. The number of nitrogen functional groups attached to an aromatic ring is 1. The minimum atomic E-state index is -4.89. The fourth-order valence-corrected chi connectivity index (χ4v) is 4.30. The molecule has 3 rings (SSSR count). The van der Waals surface area contributed by atoms with Crippen molar-refractivity contribution in [2.24, 2.45) is 0 Å². The standard InChI is InChI=1S/C18H19F3N4O4S/c1-25-7-6-11(10-25)24-17(26)16-15(22)8-14(9-23-16)30(27,28)13-4-2-12(3-5-13)29-18(19,20)21/h2-5,8-9,11H,6-7,10,22H2,1H3,(H,24,26)/t11-/m1/s1. The molecule has 0 bridgehead atoms. The monoisotopic (exact) mass is 444 g/mol. The number of hydrogen-bond acceptors (Lipinski definition) is 7. The molecule has 1 amide bonds. The first-order chi connectivity index (χ1) is 14.0. The van der Waals surface area contributed by atoms with Gasteiger partial charge in [-0.3, -0.25) is 4.79 Å². The summed E-state index contributed by atoms with van der Waals surface area (Å²) in [6, 6.07) is 4.77. The number of amides is 1. The maximum absolute atomic E-state index is 12.7. The highest BCUT2D eigenvalue weighted by atomic mass is 32.2. The highest BCUT2D eigenvalue weighted by molar-refractivity contribution is 7.91. The smallest absolute Gasteiger partial charge is 0.406 e. The third-order valence-electron chi connectivity index (χ3n) is 4.51. The van der Waals surface area contributed by atoms with Gasteiger partial charge in [-0.15, -0.1) is 13.2 Å². The number of alkyl halides is 3. The molecule has 0 spiro atoms. The van der Waals surface area contributed by atoms with Gasteiger partial charge in [0, 0.05) is 18.8 Å². The Morgan fingerprint density at radius 1 is 1.27 bits per heavy atom. The lowest BCUT2D eigenvalue weighted by Gasteiger charge is -2.14. The SMILES string of the molecule is CN1CC[C@@H](NC(=O)c2ncc(S(=O)(=O)c3ccc(OC(F)(F)F)cc3)cc2N)C1. The van der Waals surface area contributed by atoms with Gasteiger partial charge in [0.1, 0.15) is 5.75 Å². The maximum Gasteiger partial charge on any atom is 0.573 e. The number of aromatic nitrogens is 1. The minimum absolute atomic E-state index is 0.0514. The zero-order chi connectivity index (χ0) is 22.1. The van der Waals surface area contributed by atoms with Crippen LogP contribution in [0.2, 0.25) is 0 Å². The Morgan fingerprint density at radius 2 is 1.93 bits per heavy atom. The first-order valence-electron chi connectivity index (χ1n) is 8.81. The van der Waals surface area contributed by atoms with E-state index in [1.165, 1.54) is 0 Å². The Bertz CT molecular complexity index is 1040. The predicted molar refractivity (Wildman–Crippen MR) is 101 cm³/mol. The topological polar surface area (TPSA) is 115 Å². The number of nitrogens with two attached hydrogens (primary N) is 1. The van der Waals surface area contributed by atoms with Gasteiger partial charge in [0.25, 0.3) is 5.91 Å². The van der Waals surface area contributed by atoms with Gasteiger partial charge in [0.05, 0.1) is 15.5 Å². The molecule has 3 N–H and O–H groups in total. The van der Waals surface area contributed by atoms with E-state index >= 15 is 0 Å². The second-order valence-corrected chi connectivity index (χ2v) is 8.80. The largest absolute Gasteiger partial charge is 0.573 e. The van der Waals surface area contributed by atoms with E-state index < -0.39 is 27.9 Å². The number of carbonyl (C=O) groups is 1. The molecule has 8 nitrogen and oxygen atoms in total. The Morgan fingerprint density at radius 3 is 2.47 bits per heavy atom. The van der Waals surface area contributed by atoms with E-state index in [0.29, 0.717) is 6.54 Å². The van der Waals surface area contributed by atoms with Crippen LogP contribution >= 0.6 is 0 Å². The lowest BCUT2D eigenvalue weighted by molar-refractivity contribution is -0.274. The van der Waals surface area contributed by atoms with Crippen LogP contribution in [0.1, 0.15) is 16.9 Å². The van der Waals surface area contributed by atoms with Gasteiger partial charge in [0.15, 0.2) is 5.69 Å². The highest BCUT2D eigenvalue weighted by Crippen LogP contribution is 2.27. The first kappa shape index (κ1) is 21.8. The Hall–Kier alpha value is -2.86. The molecule has 162 valence electrons. The van der Waals surface area contributed by atoms with Crippen LogP contribution < -0.4 is 15.8 Å². The van der Waals surface area contributed by atoms with Gasteiger partial charge >= 0.3 is 6.36 Å². The number of anilines is 1. The molecule has 1 aliphatic rings. The number of likely N-dealkylation sites (tertiary alicyclic amines) is 1. The molecule has 1 aromatic carbocycles. The van der Waals surface area contributed by atoms with Crippen molar-refractivity contribution < 1.29 is 31.1 Å². The third kappa shape index (κ3) is 5.00. The summed E-state index contributed by atoms with van der Waals surface area (Å²) in [4.78, 5) is 17.8. The van der Waals surface area contributed by atoms with Crippen molar-refractivity contribution in [1.82, 2.24) is 15.2 Å². The van der Waals surface area contributed by atoms with Crippen molar-refractivity contribution in [2.75, 3.05) is 25.9 Å². The van der Waals surface area contributed by atoms with Crippen LogP contribution in [-0.4, -0.2) is 56.8 Å². The average Bonchev–Trinajstić information content (AvgIpc) is 3.05. The van der Waals surface area contributed by atoms with Gasteiger partial charge in [-0.1, -0.05) is 0 Å². The van der Waals surface area contributed by atoms with E-state index in [1.54, 1.807) is 0 Å². The summed E-state index contributed by atoms with van der Waals surface area (Å²) in [7, 11) is -2.18. The molecule has 1 atom stereocenters. The summed E-state index contributed by atoms with van der Waals surface area (Å²) in [6.07, 6.45) is -3.12. The summed E-state index contributed by atoms with van der Waals surface area (Å²) in [6.45, 7) is 1.53. The van der Waals surface area contributed by atoms with Crippen LogP contribution in [0.4, 0.5) is 18.9 Å². The molecule has 0 radical (unpaired) electrons. The van der Waals surface area contributed by atoms with Crippen LogP contribution in [0.15, 0.2) is 46.3 Å². The molecule has 2 aromatic rings. The molecular weight excluding hydrogens is 425 g/mol. The molecule has 1 aromatic heterocycles. The Balaban J connectivity index is 1.78. The van der Waals surface area contributed by atoms with Crippen LogP contribution in [-0.2, 0) is 9.84 Å². The van der Waals surface area contributed by atoms with Crippen molar-refractivity contribution in [3.8, 4) is 5.75 Å². The van der Waals surface area contributed by atoms with Crippen molar-refractivity contribution in [3.63, 3.8) is 0 Å². The van der Waals surface area contributed by atoms with E-state index in [0.717, 1.165) is 49.5 Å². The number of pyridine rings is 1. The minimum Gasteiger partial charge on any atom is -0.406 e. The van der Waals surface area contributed by atoms with Crippen molar-refractivity contribution in [2.45, 2.75) is 28.6 Å². The number of sulfone groups is 1. The fraction of sp³-hybridized carbons (Fsp3) is 0.333. The van der Waals surface area contributed by atoms with Crippen LogP contribution in [0.3, 0.4) is 0 Å². The number of hydrogen-bond donors (Lipinski definition) is 2. The second kappa shape index (κ2) is 8.11. The van der Waals surface area contributed by atoms with Gasteiger partial charge in [-0.25, -0.2) is 13.4 Å². The highest BCUT2D eigenvalue weighted by Gasteiger charge is 2.31. The summed E-state index contributed by atoms with van der Waals surface area (Å²) in [5.41, 5.74) is 5.62. The van der Waals surface area contributed by atoms with E-state index in [9.17, 15) is 26.4 Å². The number of nitrogens with one attached hydrogen (secondary N) is 1. The molecule has 1 aliphatic heterocycles. The average molecular weight is 444 g/mol. The molecular formula is C18H19F3N4O4S. The number of benzene rings is 1. The zero-order valence-corrected chi connectivity index (χ0v) is 16.6. The molecule has 0 aliphatic carbocycles. The van der Waals surface area contributed by atoms with Crippen LogP contribution in [0.5, 0.6) is 5.75 Å². The van der Waals surface area contributed by atoms with Gasteiger partial charge in [-0.2, -0.15) is 0 Å². The summed E-state index contributed by atoms with van der Waals surface area (Å²) in [5.74, 6) is -1.06. The van der Waals surface area contributed by atoms with Gasteiger partial charge < -0.3 is 20.7 Å². The number of rotatable bonds is 5. The molecule has 12 heteroatoms. The molecule has 0 saturated carbocycles. The van der Waals surface area contributed by atoms with Crippen molar-refractivity contribution in [3.05, 3.63) is 42.2 Å². The summed E-state index contributed by atoms with van der Waals surface area (Å²) >= 11 is 0. The number of likely N-dealkylation sites (N-methyl/N-ethyl adjacent to an activating group) is 1. The number of nitrogens with zero attached hydrogens (tertiary/aromatic N) is 2. The van der Waals surface area contributed by atoms with Crippen molar-refractivity contribution >= 4 is 21.4 Å². The van der Waals surface area contributed by atoms with Gasteiger partial charge in [0.2, 0.25) is 9.84 Å². The molecule has 2 heterocycles. The quantitative estimate of drug-likeness (QED) is 0.723. The lowest BCUT2D eigenvalue weighted by atomic mass is 10.2. The fourth-order valence-electron chi connectivity index (χ4n) is 3.06. The number of halogens is 3. The van der Waals surface area contributed by atoms with E-state index in [2.05, 4.69) is 19.9 Å². The Kier molecular flexibility index (Phi) is 5.90. The second-order valence-electron chi connectivity index (χ2n) is 6.85. The van der Waals surface area contributed by atoms with E-state index in [4.69, 9.17) is 5.73 Å². The molecule has 1 saturated heterocycles. The van der Waals surface area contributed by atoms with Gasteiger partial charge in [-0.05, 0) is 50.3 Å². The zero-order valence-electron chi connectivity index (χ0n) is 15.8. The lowest BCUT2D eigenvalue weighted by Crippen LogP contribution is -2.37. The third-order valence-corrected chi connectivity index (χ3v) is 6.25. The Labute approximate surface area is 170 Å². The number of carbonyl (C=O) groups excluding carboxylic acids is 1. The van der Waals surface area contributed by atoms with Crippen LogP contribution in [0, 0.1) is 0 Å². The van der Waals surface area contributed by atoms with E-state index in [1.807, 2.05) is 7.05 Å². The van der Waals surface area contributed by atoms with Crippen molar-refractivity contribution in [1.29, 1.82) is 0 Å². The maximum atomic E-state index is 12.7. The molecule has 30 heavy (non-hydrogen) atoms. The molecule has 0 unspecified atom stereocenters. The summed E-state index contributed by atoms with van der Waals surface area (Å²) in [5, 5.41) is 2.80. The number of ether oxygens (including phenoxy) is 1. The van der Waals surface area contributed by atoms with E-state index in [-0.39, 0.29) is 27.2 Å². The summed E-state index contributed by atoms with van der Waals surface area (Å²) < 4.78 is 65.9. The normalized spacial score (nSPS) is 17.7. The molecule has 1 fully saturated rings. The van der Waals surface area contributed by atoms with Crippen LogP contribution in [0.25, 0.3) is 0 Å².